The van der Waals surface area contributed by atoms with Gasteiger partial charge in [-0.05, 0) is 103 Å². The van der Waals surface area contributed by atoms with E-state index in [1.807, 2.05) is 0 Å². The standard InChI is InChI=1S/C62H108O6/c1-4-7-10-13-16-19-22-24-26-28-29-30-31-32-33-35-36-38-40-43-46-49-52-55-61(64)67-58-59(57-66-60(63)54-51-48-45-42-21-18-15-12-9-6-3)68-62(65)56-53-50-47-44-41-39-37-34-27-25-23-20-17-14-11-8-5-2/h7,10,12,15-16,19,24-27,29-30,59H,4-6,8-9,11,13-14,17-18,20-23,28,31-58H2,1-3H3/b10-7-,15-12-,19-16-,26-24-,27-25-,30-29-. The van der Waals surface area contributed by atoms with Crippen molar-refractivity contribution < 1.29 is 28.6 Å². The van der Waals surface area contributed by atoms with Crippen LogP contribution in [0.3, 0.4) is 0 Å². The van der Waals surface area contributed by atoms with Crippen molar-refractivity contribution in [2.24, 2.45) is 0 Å². The average molecular weight is 950 g/mol. The zero-order valence-corrected chi connectivity index (χ0v) is 44.9. The van der Waals surface area contributed by atoms with Crippen LogP contribution in [0.5, 0.6) is 0 Å². The van der Waals surface area contributed by atoms with Crippen LogP contribution in [0.25, 0.3) is 0 Å². The van der Waals surface area contributed by atoms with Gasteiger partial charge in [-0.3, -0.25) is 14.4 Å². The van der Waals surface area contributed by atoms with Crippen LogP contribution in [0.1, 0.15) is 284 Å². The summed E-state index contributed by atoms with van der Waals surface area (Å²) in [5.74, 6) is -0.893. The number of unbranched alkanes of at least 4 members (excludes halogenated alkanes) is 29. The molecule has 6 nitrogen and oxygen atoms in total. The van der Waals surface area contributed by atoms with Gasteiger partial charge in [-0.15, -0.1) is 0 Å². The summed E-state index contributed by atoms with van der Waals surface area (Å²) in [7, 11) is 0. The maximum Gasteiger partial charge on any atom is 0.306 e. The quantitative estimate of drug-likeness (QED) is 0.0262. The molecule has 0 rings (SSSR count). The molecule has 0 saturated carbocycles. The van der Waals surface area contributed by atoms with Gasteiger partial charge in [0.25, 0.3) is 0 Å². The first-order valence-electron chi connectivity index (χ1n) is 28.9. The molecule has 0 bridgehead atoms. The van der Waals surface area contributed by atoms with E-state index in [1.165, 1.54) is 148 Å². The van der Waals surface area contributed by atoms with Gasteiger partial charge >= 0.3 is 17.9 Å². The SMILES string of the molecule is CC/C=C\C/C=C\C/C=C\C/C=C\CCCCCCCCCCCCC(=O)OCC(COC(=O)CCCCCCC/C=C\CCC)OC(=O)CCCCCCCCC/C=C\CCCCCCCC. The molecular formula is C62H108O6. The molecule has 0 aromatic heterocycles. The smallest absolute Gasteiger partial charge is 0.306 e. The number of esters is 3. The Bertz CT molecular complexity index is 1270. The summed E-state index contributed by atoms with van der Waals surface area (Å²) in [6.07, 6.45) is 71.8. The molecule has 0 fully saturated rings. The summed E-state index contributed by atoms with van der Waals surface area (Å²) in [6, 6.07) is 0. The molecule has 68 heavy (non-hydrogen) atoms. The summed E-state index contributed by atoms with van der Waals surface area (Å²) in [5.41, 5.74) is 0. The first-order chi connectivity index (χ1) is 33.5. The highest BCUT2D eigenvalue weighted by atomic mass is 16.6. The van der Waals surface area contributed by atoms with E-state index in [2.05, 4.69) is 93.7 Å². The third-order valence-corrected chi connectivity index (χ3v) is 12.4. The molecular weight excluding hydrogens is 841 g/mol. The number of hydrogen-bond donors (Lipinski definition) is 0. The lowest BCUT2D eigenvalue weighted by Gasteiger charge is -2.18. The monoisotopic (exact) mass is 949 g/mol. The molecule has 0 saturated heterocycles. The normalized spacial score (nSPS) is 12.6. The zero-order chi connectivity index (χ0) is 49.3. The fourth-order valence-corrected chi connectivity index (χ4v) is 8.08. The largest absolute Gasteiger partial charge is 0.462 e. The fraction of sp³-hybridized carbons (Fsp3) is 0.758. The highest BCUT2D eigenvalue weighted by molar-refractivity contribution is 5.71. The van der Waals surface area contributed by atoms with E-state index in [0.717, 1.165) is 96.3 Å². The number of carbonyl (C=O) groups excluding carboxylic acids is 3. The summed E-state index contributed by atoms with van der Waals surface area (Å²) in [6.45, 7) is 6.47. The van der Waals surface area contributed by atoms with E-state index in [1.54, 1.807) is 0 Å². The summed E-state index contributed by atoms with van der Waals surface area (Å²) >= 11 is 0. The highest BCUT2D eigenvalue weighted by Gasteiger charge is 2.19. The molecule has 0 aliphatic rings. The Balaban J connectivity index is 4.28. The third-order valence-electron chi connectivity index (χ3n) is 12.4. The van der Waals surface area contributed by atoms with Gasteiger partial charge < -0.3 is 14.2 Å². The van der Waals surface area contributed by atoms with Crippen LogP contribution in [-0.4, -0.2) is 37.2 Å². The van der Waals surface area contributed by atoms with Crippen LogP contribution in [0.4, 0.5) is 0 Å². The predicted octanol–water partition coefficient (Wildman–Crippen LogP) is 19.4. The van der Waals surface area contributed by atoms with Crippen molar-refractivity contribution >= 4 is 17.9 Å². The van der Waals surface area contributed by atoms with Crippen molar-refractivity contribution in [1.82, 2.24) is 0 Å². The van der Waals surface area contributed by atoms with Crippen molar-refractivity contribution in [2.75, 3.05) is 13.2 Å². The van der Waals surface area contributed by atoms with Gasteiger partial charge in [-0.2, -0.15) is 0 Å². The highest BCUT2D eigenvalue weighted by Crippen LogP contribution is 2.15. The van der Waals surface area contributed by atoms with E-state index < -0.39 is 6.10 Å². The van der Waals surface area contributed by atoms with E-state index >= 15 is 0 Å². The molecule has 1 unspecified atom stereocenters. The van der Waals surface area contributed by atoms with Gasteiger partial charge in [-0.25, -0.2) is 0 Å². The van der Waals surface area contributed by atoms with Crippen molar-refractivity contribution in [2.45, 2.75) is 290 Å². The lowest BCUT2D eigenvalue weighted by molar-refractivity contribution is -0.167. The molecule has 1 atom stereocenters. The molecule has 0 aliphatic heterocycles. The Morgan fingerprint density at radius 3 is 0.971 bits per heavy atom. The number of allylic oxidation sites excluding steroid dienone is 12. The second-order valence-corrected chi connectivity index (χ2v) is 19.2. The average Bonchev–Trinajstić information content (AvgIpc) is 3.34. The summed E-state index contributed by atoms with van der Waals surface area (Å²) in [4.78, 5) is 38.1. The lowest BCUT2D eigenvalue weighted by Crippen LogP contribution is -2.30. The van der Waals surface area contributed by atoms with Gasteiger partial charge in [0.05, 0.1) is 0 Å². The van der Waals surface area contributed by atoms with Crippen LogP contribution in [0, 0.1) is 0 Å². The number of ether oxygens (including phenoxy) is 3. The van der Waals surface area contributed by atoms with Crippen molar-refractivity contribution in [3.8, 4) is 0 Å². The minimum atomic E-state index is -0.782. The van der Waals surface area contributed by atoms with Crippen molar-refractivity contribution in [3.05, 3.63) is 72.9 Å². The molecule has 0 radical (unpaired) electrons. The van der Waals surface area contributed by atoms with Crippen molar-refractivity contribution in [3.63, 3.8) is 0 Å². The number of hydrogen-bond acceptors (Lipinski definition) is 6. The van der Waals surface area contributed by atoms with Crippen LogP contribution >= 0.6 is 0 Å². The maximum atomic E-state index is 12.8. The molecule has 0 amide bonds. The van der Waals surface area contributed by atoms with Gasteiger partial charge in [-0.1, -0.05) is 235 Å². The van der Waals surface area contributed by atoms with Gasteiger partial charge in [0.1, 0.15) is 13.2 Å². The van der Waals surface area contributed by atoms with E-state index in [4.69, 9.17) is 14.2 Å². The molecule has 0 spiro atoms. The molecule has 0 aromatic rings. The van der Waals surface area contributed by atoms with Gasteiger partial charge in [0.2, 0.25) is 0 Å². The Morgan fingerprint density at radius 2 is 0.603 bits per heavy atom. The van der Waals surface area contributed by atoms with Gasteiger partial charge in [0.15, 0.2) is 6.10 Å². The molecule has 0 heterocycles. The Labute approximate surface area is 421 Å². The zero-order valence-electron chi connectivity index (χ0n) is 44.9. The van der Waals surface area contributed by atoms with Crippen molar-refractivity contribution in [1.29, 1.82) is 0 Å². The predicted molar refractivity (Wildman–Crippen MR) is 293 cm³/mol. The Hall–Kier alpha value is -3.15. The minimum Gasteiger partial charge on any atom is -0.462 e. The number of carbonyl (C=O) groups is 3. The van der Waals surface area contributed by atoms with E-state index in [-0.39, 0.29) is 31.1 Å². The molecule has 0 N–H and O–H groups in total. The summed E-state index contributed by atoms with van der Waals surface area (Å²) in [5, 5.41) is 0. The van der Waals surface area contributed by atoms with Gasteiger partial charge in [0, 0.05) is 19.3 Å². The first-order valence-corrected chi connectivity index (χ1v) is 28.9. The molecule has 392 valence electrons. The molecule has 0 aromatic carbocycles. The van der Waals surface area contributed by atoms with Crippen LogP contribution < -0.4 is 0 Å². The second kappa shape index (κ2) is 56.4. The second-order valence-electron chi connectivity index (χ2n) is 19.2. The number of rotatable bonds is 52. The lowest BCUT2D eigenvalue weighted by atomic mass is 10.1. The van der Waals surface area contributed by atoms with Crippen LogP contribution in [0.15, 0.2) is 72.9 Å². The summed E-state index contributed by atoms with van der Waals surface area (Å²) < 4.78 is 16.8. The fourth-order valence-electron chi connectivity index (χ4n) is 8.08. The maximum absolute atomic E-state index is 12.8. The van der Waals surface area contributed by atoms with E-state index in [9.17, 15) is 14.4 Å². The van der Waals surface area contributed by atoms with Crippen LogP contribution in [-0.2, 0) is 28.6 Å². The topological polar surface area (TPSA) is 78.9 Å². The minimum absolute atomic E-state index is 0.0811. The van der Waals surface area contributed by atoms with E-state index in [0.29, 0.717) is 19.3 Å². The van der Waals surface area contributed by atoms with Crippen LogP contribution in [0.2, 0.25) is 0 Å². The Kier molecular flexibility index (Phi) is 53.8. The molecule has 0 aliphatic carbocycles. The third kappa shape index (κ3) is 53.8. The molecule has 6 heteroatoms. The Morgan fingerprint density at radius 1 is 0.309 bits per heavy atom. The first kappa shape index (κ1) is 64.8.